The van der Waals surface area contributed by atoms with Gasteiger partial charge in [0.05, 0.1) is 16.3 Å². The highest BCUT2D eigenvalue weighted by Gasteiger charge is 2.57. The van der Waals surface area contributed by atoms with Gasteiger partial charge in [-0.2, -0.15) is 26.3 Å². The highest BCUT2D eigenvalue weighted by atomic mass is 32.2. The van der Waals surface area contributed by atoms with Crippen LogP contribution in [0.2, 0.25) is 0 Å². The van der Waals surface area contributed by atoms with Crippen LogP contribution in [0.5, 0.6) is 5.75 Å². The number of fused-ring (bicyclic) bond motifs is 1. The predicted molar refractivity (Wildman–Crippen MR) is 133 cm³/mol. The van der Waals surface area contributed by atoms with Crippen LogP contribution in [0, 0.1) is 5.82 Å². The van der Waals surface area contributed by atoms with Gasteiger partial charge in [-0.15, -0.1) is 0 Å². The molecule has 1 unspecified atom stereocenters. The number of aryl methyl sites for hydroxylation is 1. The second-order valence-corrected chi connectivity index (χ2v) is 10.4. The first-order chi connectivity index (χ1) is 18.3. The summed E-state index contributed by atoms with van der Waals surface area (Å²) in [6, 6.07) is 15.9. The van der Waals surface area contributed by atoms with Crippen LogP contribution >= 0.6 is 0 Å². The van der Waals surface area contributed by atoms with Crippen LogP contribution in [0.15, 0.2) is 82.8 Å². The normalized spacial score (nSPS) is 17.2. The van der Waals surface area contributed by atoms with E-state index in [4.69, 9.17) is 4.84 Å². The number of rotatable bonds is 7. The predicted octanol–water partition coefficient (Wildman–Crippen LogP) is 7.72. The van der Waals surface area contributed by atoms with Gasteiger partial charge in [0, 0.05) is 12.5 Å². The monoisotopic (exact) mass is 572 g/mol. The molecule has 3 aromatic rings. The lowest BCUT2D eigenvalue weighted by atomic mass is 9.90. The Balaban J connectivity index is 1.70. The zero-order valence-corrected chi connectivity index (χ0v) is 21.3. The SMILES string of the molecule is C/C(C[C@@H]1CCc2cc(C(C(F)(F)F)C(F)(F)F)ccc2N1S(=O)c1ccc(F)cc1)=N\Oc1ccccc1. The van der Waals surface area contributed by atoms with Crippen molar-refractivity contribution in [2.45, 2.75) is 55.4 Å². The molecule has 4 rings (SSSR count). The van der Waals surface area contributed by atoms with Crippen LogP contribution in [-0.4, -0.2) is 28.3 Å². The van der Waals surface area contributed by atoms with Gasteiger partial charge in [0.2, 0.25) is 0 Å². The Bertz CT molecular complexity index is 1330. The number of oxime groups is 1. The van der Waals surface area contributed by atoms with Gasteiger partial charge in [-0.25, -0.2) is 8.60 Å². The minimum atomic E-state index is -5.54. The van der Waals surface area contributed by atoms with Crippen molar-refractivity contribution in [2.75, 3.05) is 4.31 Å². The van der Waals surface area contributed by atoms with E-state index in [0.717, 1.165) is 30.3 Å². The molecule has 0 aromatic heterocycles. The van der Waals surface area contributed by atoms with Crippen LogP contribution in [0.3, 0.4) is 0 Å². The molecule has 1 aliphatic rings. The van der Waals surface area contributed by atoms with E-state index in [9.17, 15) is 34.9 Å². The first-order valence-electron chi connectivity index (χ1n) is 11.8. The largest absolute Gasteiger partial charge is 0.404 e. The summed E-state index contributed by atoms with van der Waals surface area (Å²) in [7, 11) is -1.95. The number of benzene rings is 3. The van der Waals surface area contributed by atoms with Crippen LogP contribution in [0.1, 0.15) is 36.8 Å². The molecule has 0 bridgehead atoms. The molecular weight excluding hydrogens is 549 g/mol. The molecule has 1 heterocycles. The summed E-state index contributed by atoms with van der Waals surface area (Å²) >= 11 is 0. The Morgan fingerprint density at radius 1 is 1.00 bits per heavy atom. The Hall–Kier alpha value is -3.41. The van der Waals surface area contributed by atoms with Gasteiger partial charge in [0.15, 0.2) is 22.7 Å². The van der Waals surface area contributed by atoms with Crippen molar-refractivity contribution in [3.8, 4) is 5.75 Å². The summed E-state index contributed by atoms with van der Waals surface area (Å²) in [5.41, 5.74) is 0.0262. The molecule has 0 spiro atoms. The lowest BCUT2D eigenvalue weighted by Gasteiger charge is -2.38. The second kappa shape index (κ2) is 11.4. The van der Waals surface area contributed by atoms with E-state index < -0.39 is 46.7 Å². The van der Waals surface area contributed by atoms with Crippen molar-refractivity contribution in [3.63, 3.8) is 0 Å². The van der Waals surface area contributed by atoms with Crippen molar-refractivity contribution in [3.05, 3.63) is 89.7 Å². The van der Waals surface area contributed by atoms with Crippen molar-refractivity contribution in [1.82, 2.24) is 0 Å². The van der Waals surface area contributed by atoms with Crippen molar-refractivity contribution in [2.24, 2.45) is 5.16 Å². The highest BCUT2D eigenvalue weighted by Crippen LogP contribution is 2.48. The Morgan fingerprint density at radius 2 is 1.64 bits per heavy atom. The maximum absolute atomic E-state index is 13.7. The molecule has 1 aliphatic heterocycles. The van der Waals surface area contributed by atoms with E-state index in [0.29, 0.717) is 11.5 Å². The minimum Gasteiger partial charge on any atom is -0.357 e. The standard InChI is InChI=1S/C27H23F7N2O2S/c1-17(35-38-22-5-3-2-4-6-22)15-21-11-7-18-16-19(25(26(29,30)31)27(32,33)34)8-14-24(18)36(21)39(37)23-12-9-20(28)10-13-23/h2-6,8-10,12-14,16,21,25H,7,11,15H2,1H3/b35-17+/t21-,39?/m0/s1. The van der Waals surface area contributed by atoms with Gasteiger partial charge < -0.3 is 4.84 Å². The van der Waals surface area contributed by atoms with Gasteiger partial charge >= 0.3 is 12.4 Å². The average Bonchev–Trinajstić information content (AvgIpc) is 2.86. The quantitative estimate of drug-likeness (QED) is 0.165. The molecule has 12 heteroatoms. The molecule has 208 valence electrons. The van der Waals surface area contributed by atoms with Gasteiger partial charge in [-0.3, -0.25) is 4.31 Å². The molecule has 0 saturated carbocycles. The third-order valence-corrected chi connectivity index (χ3v) is 7.71. The molecule has 0 saturated heterocycles. The third kappa shape index (κ3) is 6.78. The minimum absolute atomic E-state index is 0.153. The molecule has 3 aromatic carbocycles. The maximum Gasteiger partial charge on any atom is 0.404 e. The molecule has 0 radical (unpaired) electrons. The average molecular weight is 573 g/mol. The molecular formula is C27H23F7N2O2S. The van der Waals surface area contributed by atoms with Gasteiger partial charge in [-0.05, 0) is 73.4 Å². The van der Waals surface area contributed by atoms with Crippen LogP contribution in [0.25, 0.3) is 0 Å². The van der Waals surface area contributed by atoms with Gasteiger partial charge in [0.1, 0.15) is 5.82 Å². The number of alkyl halides is 6. The number of hydrogen-bond donors (Lipinski definition) is 0. The van der Waals surface area contributed by atoms with E-state index in [1.807, 2.05) is 6.07 Å². The van der Waals surface area contributed by atoms with Crippen LogP contribution in [-0.2, 0) is 17.4 Å². The van der Waals surface area contributed by atoms with E-state index in [1.165, 1.54) is 16.4 Å². The third-order valence-electron chi connectivity index (χ3n) is 6.18. The Morgan fingerprint density at radius 3 is 2.26 bits per heavy atom. The van der Waals surface area contributed by atoms with Gasteiger partial charge in [0.25, 0.3) is 0 Å². The number of halogens is 7. The second-order valence-electron chi connectivity index (χ2n) is 9.06. The molecule has 0 N–H and O–H groups in total. The van der Waals surface area contributed by atoms with E-state index in [-0.39, 0.29) is 35.4 Å². The van der Waals surface area contributed by atoms with Crippen LogP contribution in [0.4, 0.5) is 36.4 Å². The molecule has 0 fully saturated rings. The van der Waals surface area contributed by atoms with Crippen molar-refractivity contribution in [1.29, 1.82) is 0 Å². The summed E-state index contributed by atoms with van der Waals surface area (Å²) in [6.07, 6.45) is -10.4. The first kappa shape index (κ1) is 28.6. The lowest BCUT2D eigenvalue weighted by Crippen LogP contribution is -2.42. The fraction of sp³-hybridized carbons (Fsp3) is 0.296. The van der Waals surface area contributed by atoms with E-state index in [2.05, 4.69) is 5.16 Å². The zero-order valence-electron chi connectivity index (χ0n) is 20.5. The highest BCUT2D eigenvalue weighted by molar-refractivity contribution is 7.86. The topological polar surface area (TPSA) is 41.9 Å². The van der Waals surface area contributed by atoms with Crippen molar-refractivity contribution < 1.29 is 39.8 Å². The summed E-state index contributed by atoms with van der Waals surface area (Å²) < 4.78 is 109. The number of anilines is 1. The fourth-order valence-electron chi connectivity index (χ4n) is 4.46. The molecule has 2 atom stereocenters. The molecule has 0 amide bonds. The summed E-state index contributed by atoms with van der Waals surface area (Å²) in [4.78, 5) is 5.64. The summed E-state index contributed by atoms with van der Waals surface area (Å²) in [6.45, 7) is 1.69. The lowest BCUT2D eigenvalue weighted by molar-refractivity contribution is -0.253. The van der Waals surface area contributed by atoms with E-state index >= 15 is 0 Å². The molecule has 39 heavy (non-hydrogen) atoms. The maximum atomic E-state index is 13.7. The number of nitrogens with zero attached hydrogens (tertiary/aromatic N) is 2. The first-order valence-corrected chi connectivity index (χ1v) is 12.9. The summed E-state index contributed by atoms with van der Waals surface area (Å²) in [5, 5.41) is 4.11. The zero-order chi connectivity index (χ0) is 28.4. The number of para-hydroxylation sites is 1. The van der Waals surface area contributed by atoms with E-state index in [1.54, 1.807) is 31.2 Å². The summed E-state index contributed by atoms with van der Waals surface area (Å²) in [5.74, 6) is -3.70. The van der Waals surface area contributed by atoms with Gasteiger partial charge in [-0.1, -0.05) is 35.5 Å². The van der Waals surface area contributed by atoms with Crippen molar-refractivity contribution >= 4 is 22.4 Å². The Kier molecular flexibility index (Phi) is 8.34. The molecule has 4 nitrogen and oxygen atoms in total. The number of hydrogen-bond acceptors (Lipinski definition) is 3. The smallest absolute Gasteiger partial charge is 0.357 e. The Labute approximate surface area is 222 Å². The molecule has 0 aliphatic carbocycles. The fourth-order valence-corrected chi connectivity index (χ4v) is 5.87. The van der Waals surface area contributed by atoms with Crippen LogP contribution < -0.4 is 9.14 Å².